The van der Waals surface area contributed by atoms with Crippen LogP contribution in [0.3, 0.4) is 0 Å². The van der Waals surface area contributed by atoms with Crippen LogP contribution in [-0.4, -0.2) is 65.5 Å². The van der Waals surface area contributed by atoms with E-state index in [-0.39, 0.29) is 69.4 Å². The fraction of sp³-hybridized carbons (Fsp3) is 0.209. The summed E-state index contributed by atoms with van der Waals surface area (Å²) in [6.07, 6.45) is 3.22. The molecule has 15 nitrogen and oxygen atoms in total. The van der Waals surface area contributed by atoms with E-state index in [1.165, 1.54) is 35.2 Å². The fourth-order valence-corrected chi connectivity index (χ4v) is 7.78. The predicted octanol–water partition coefficient (Wildman–Crippen LogP) is 5.99. The van der Waals surface area contributed by atoms with Gasteiger partial charge in [0.05, 0.1) is 58.6 Å². The van der Waals surface area contributed by atoms with Gasteiger partial charge in [-0.25, -0.2) is 18.4 Å². The lowest BCUT2D eigenvalue weighted by atomic mass is 9.87. The molecule has 62 heavy (non-hydrogen) atoms. The van der Waals surface area contributed by atoms with Crippen molar-refractivity contribution in [3.05, 3.63) is 121 Å². The first-order chi connectivity index (χ1) is 29.8. The first kappa shape index (κ1) is 41.1. The molecule has 0 spiro atoms. The molecule has 19 heteroatoms. The fourth-order valence-electron chi connectivity index (χ4n) is 7.78. The second kappa shape index (κ2) is 16.1. The zero-order valence-corrected chi connectivity index (χ0v) is 33.0. The third kappa shape index (κ3) is 6.92. The highest BCUT2D eigenvalue weighted by molar-refractivity contribution is 6.45. The number of nitrogens with zero attached hydrogens (tertiary/aromatic N) is 5. The number of hydrogen-bond acceptors (Lipinski definition) is 13. The molecule has 312 valence electrons. The minimum Gasteiger partial charge on any atom is -0.462 e. The Hall–Kier alpha value is -7.61. The average Bonchev–Trinajstić information content (AvgIpc) is 3.71. The van der Waals surface area contributed by atoms with Crippen LogP contribution in [0.2, 0.25) is 6.82 Å². The Kier molecular flexibility index (Phi) is 10.7. The largest absolute Gasteiger partial charge is 0.462 e. The molecule has 1 atom stereocenters. The van der Waals surface area contributed by atoms with Gasteiger partial charge in [-0.3, -0.25) is 9.59 Å². The number of hydrogen-bond donors (Lipinski definition) is 2. The topological polar surface area (TPSA) is 198 Å². The number of rotatable bonds is 7. The number of anilines is 1. The highest BCUT2D eigenvalue weighted by Gasteiger charge is 2.35. The van der Waals surface area contributed by atoms with Gasteiger partial charge < -0.3 is 43.2 Å². The summed E-state index contributed by atoms with van der Waals surface area (Å²) in [7, 11) is -0.705. The summed E-state index contributed by atoms with van der Waals surface area (Å²) in [5.74, 6) is -4.71. The lowest BCUT2D eigenvalue weighted by molar-refractivity contribution is 0.0514. The maximum Gasteiger partial charge on any atom is 0.373 e. The SMILES string of the molecule is CCOC(=O)c1cn2c3c(c(F)c(F)cc3c1=O)Oc1ccc(C#N)cc1-2.CCOC(=O)c1cn2c3c(c(N4CCC(NB(C)O)C4)c(F)cc3c1=O)Oc1ccc(C#N)cc1-2. The molecule has 1 saturated heterocycles. The number of fused-ring (bicyclic) bond motifs is 4. The lowest BCUT2D eigenvalue weighted by Crippen LogP contribution is -2.41. The predicted molar refractivity (Wildman–Crippen MR) is 218 cm³/mol. The normalized spacial score (nSPS) is 14.0. The summed E-state index contributed by atoms with van der Waals surface area (Å²) in [6, 6.07) is 14.9. The first-order valence-corrected chi connectivity index (χ1v) is 19.3. The molecular weight excluding hydrogens is 812 g/mol. The number of esters is 2. The summed E-state index contributed by atoms with van der Waals surface area (Å²) in [5.41, 5.74) is -0.192. The van der Waals surface area contributed by atoms with E-state index in [1.807, 2.05) is 11.0 Å². The van der Waals surface area contributed by atoms with Crippen molar-refractivity contribution in [2.75, 3.05) is 31.2 Å². The van der Waals surface area contributed by atoms with Gasteiger partial charge in [0.2, 0.25) is 16.7 Å². The van der Waals surface area contributed by atoms with Crippen LogP contribution in [0.1, 0.15) is 52.1 Å². The Bertz CT molecular complexity index is 3120. The number of halogens is 3. The van der Waals surface area contributed by atoms with Crippen molar-refractivity contribution in [3.8, 4) is 46.5 Å². The average molecular weight is 845 g/mol. The zero-order valence-electron chi connectivity index (χ0n) is 33.0. The molecule has 0 amide bonds. The van der Waals surface area contributed by atoms with Crippen LogP contribution < -0.4 is 30.5 Å². The number of carbonyl (C=O) groups excluding carboxylic acids is 2. The molecular formula is C43H32BF3N6O9. The van der Waals surface area contributed by atoms with Crippen molar-refractivity contribution in [1.82, 2.24) is 14.4 Å². The number of carbonyl (C=O) groups is 2. The van der Waals surface area contributed by atoms with E-state index < -0.39 is 53.0 Å². The van der Waals surface area contributed by atoms with Crippen molar-refractivity contribution in [3.63, 3.8) is 0 Å². The quantitative estimate of drug-likeness (QED) is 0.140. The van der Waals surface area contributed by atoms with E-state index in [1.54, 1.807) is 43.4 Å². The summed E-state index contributed by atoms with van der Waals surface area (Å²) >= 11 is 0. The third-order valence-corrected chi connectivity index (χ3v) is 10.4. The lowest BCUT2D eigenvalue weighted by Gasteiger charge is -2.29. The molecule has 6 aromatic rings. The van der Waals surface area contributed by atoms with Crippen molar-refractivity contribution in [2.45, 2.75) is 33.1 Å². The van der Waals surface area contributed by atoms with Gasteiger partial charge >= 0.3 is 19.0 Å². The second-order valence-corrected chi connectivity index (χ2v) is 14.3. The van der Waals surface area contributed by atoms with Crippen molar-refractivity contribution < 1.29 is 46.7 Å². The molecule has 9 rings (SSSR count). The van der Waals surface area contributed by atoms with Gasteiger partial charge in [0.25, 0.3) is 0 Å². The summed E-state index contributed by atoms with van der Waals surface area (Å²) in [6.45, 7) is 5.88. The molecule has 3 aliphatic heterocycles. The van der Waals surface area contributed by atoms with Crippen molar-refractivity contribution in [2.24, 2.45) is 0 Å². The van der Waals surface area contributed by atoms with E-state index in [9.17, 15) is 38.2 Å². The minimum atomic E-state index is -1.28. The van der Waals surface area contributed by atoms with E-state index in [0.717, 1.165) is 12.1 Å². The smallest absolute Gasteiger partial charge is 0.373 e. The molecule has 1 fully saturated rings. The first-order valence-electron chi connectivity index (χ1n) is 19.3. The van der Waals surface area contributed by atoms with Crippen molar-refractivity contribution >= 4 is 46.5 Å². The van der Waals surface area contributed by atoms with Gasteiger partial charge in [-0.05, 0) is 75.6 Å². The van der Waals surface area contributed by atoms with Gasteiger partial charge in [0, 0.05) is 31.5 Å². The molecule has 5 heterocycles. The van der Waals surface area contributed by atoms with Gasteiger partial charge in [0.15, 0.2) is 34.6 Å². The maximum atomic E-state index is 15.6. The summed E-state index contributed by atoms with van der Waals surface area (Å²) in [4.78, 5) is 52.5. The van der Waals surface area contributed by atoms with Crippen LogP contribution >= 0.6 is 0 Å². The van der Waals surface area contributed by atoms with E-state index in [4.69, 9.17) is 24.2 Å². The number of nitrogens with one attached hydrogen (secondary N) is 1. The molecule has 0 bridgehead atoms. The molecule has 0 radical (unpaired) electrons. The van der Waals surface area contributed by atoms with E-state index >= 15 is 4.39 Å². The van der Waals surface area contributed by atoms with Crippen LogP contribution in [-0.2, 0) is 9.47 Å². The molecule has 4 aromatic carbocycles. The molecule has 0 aliphatic carbocycles. The number of aromatic nitrogens is 2. The van der Waals surface area contributed by atoms with Gasteiger partial charge in [-0.2, -0.15) is 14.9 Å². The van der Waals surface area contributed by atoms with E-state index in [2.05, 4.69) is 11.3 Å². The molecule has 3 aliphatic rings. The molecule has 2 N–H and O–H groups in total. The van der Waals surface area contributed by atoms with Gasteiger partial charge in [-0.1, -0.05) is 0 Å². The highest BCUT2D eigenvalue weighted by Crippen LogP contribution is 2.47. The van der Waals surface area contributed by atoms with Crippen LogP contribution in [0, 0.1) is 40.1 Å². The Morgan fingerprint density at radius 3 is 1.82 bits per heavy atom. The zero-order chi connectivity index (χ0) is 44.1. The minimum absolute atomic E-state index is 0.0299. The third-order valence-electron chi connectivity index (χ3n) is 10.4. The Morgan fingerprint density at radius 1 is 0.823 bits per heavy atom. The number of pyridine rings is 2. The van der Waals surface area contributed by atoms with Gasteiger partial charge in [-0.15, -0.1) is 0 Å². The summed E-state index contributed by atoms with van der Waals surface area (Å²) < 4.78 is 68.5. The van der Waals surface area contributed by atoms with Crippen LogP contribution in [0.4, 0.5) is 18.9 Å². The maximum absolute atomic E-state index is 15.6. The number of benzene rings is 4. The Morgan fingerprint density at radius 2 is 1.32 bits per heavy atom. The monoisotopic (exact) mass is 844 g/mol. The molecule has 2 aromatic heterocycles. The Balaban J connectivity index is 0.000000176. The van der Waals surface area contributed by atoms with Crippen LogP contribution in [0.25, 0.3) is 33.2 Å². The number of nitriles is 2. The Labute approximate surface area is 349 Å². The standard InChI is InChI=1S/C24H22BFN4O5.C19H10F2N2O4/c1-3-34-24(32)16-12-30-18-8-13(10-27)4-5-19(18)35-23-20(30)15(22(16)31)9-17(26)21(23)29-7-6-14(11-29)28-25(2)33;1-2-26-19(25)11-8-23-13-5-9(7-22)3-4-14(13)27-18-15(21)12(20)6-10(16(18)23)17(11)24/h4-5,8-9,12,14,28,33H,3,6-7,11H2,1-2H3;3-6,8H,2H2,1H3. The van der Waals surface area contributed by atoms with E-state index in [0.29, 0.717) is 47.7 Å². The van der Waals surface area contributed by atoms with Crippen molar-refractivity contribution in [1.29, 1.82) is 10.5 Å². The highest BCUT2D eigenvalue weighted by atomic mass is 19.2. The van der Waals surface area contributed by atoms with Crippen LogP contribution in [0.15, 0.2) is 70.5 Å². The molecule has 1 unspecified atom stereocenters. The van der Waals surface area contributed by atoms with Crippen LogP contribution in [0.5, 0.6) is 23.0 Å². The second-order valence-electron chi connectivity index (χ2n) is 14.3. The molecule has 0 saturated carbocycles. The van der Waals surface area contributed by atoms with Gasteiger partial charge in [0.1, 0.15) is 27.8 Å². The number of ether oxygens (including phenoxy) is 4. The summed E-state index contributed by atoms with van der Waals surface area (Å²) in [5, 5.41) is 31.0.